The summed E-state index contributed by atoms with van der Waals surface area (Å²) in [7, 11) is 0. The number of hydrogen-bond acceptors (Lipinski definition) is 3. The van der Waals surface area contributed by atoms with E-state index in [1.807, 2.05) is 0 Å². The number of hydrogen-bond donors (Lipinski definition) is 2. The van der Waals surface area contributed by atoms with Gasteiger partial charge in [0.15, 0.2) is 0 Å². The molecule has 90 valence electrons. The van der Waals surface area contributed by atoms with E-state index in [4.69, 9.17) is 4.74 Å². The van der Waals surface area contributed by atoms with Crippen LogP contribution in [-0.4, -0.2) is 53.5 Å². The van der Waals surface area contributed by atoms with Gasteiger partial charge in [0, 0.05) is 25.7 Å². The minimum absolute atomic E-state index is 0.0985. The second-order valence-corrected chi connectivity index (χ2v) is 5.08. The van der Waals surface area contributed by atoms with Crippen LogP contribution in [0.2, 0.25) is 0 Å². The van der Waals surface area contributed by atoms with Crippen LogP contribution >= 0.6 is 0 Å². The van der Waals surface area contributed by atoms with Crippen LogP contribution in [0.1, 0.15) is 25.7 Å². The largest absolute Gasteiger partial charge is 0.465 e. The van der Waals surface area contributed by atoms with Crippen molar-refractivity contribution in [2.75, 3.05) is 19.7 Å². The van der Waals surface area contributed by atoms with Crippen molar-refractivity contribution in [3.63, 3.8) is 0 Å². The fourth-order valence-corrected chi connectivity index (χ4v) is 3.63. The molecule has 0 aromatic heterocycles. The van der Waals surface area contributed by atoms with Crippen molar-refractivity contribution < 1.29 is 14.6 Å². The molecule has 3 aliphatic rings. The first-order chi connectivity index (χ1) is 7.74. The van der Waals surface area contributed by atoms with Gasteiger partial charge in [-0.2, -0.15) is 0 Å². The van der Waals surface area contributed by atoms with Gasteiger partial charge < -0.3 is 15.2 Å². The molecule has 3 aliphatic heterocycles. The lowest BCUT2D eigenvalue weighted by Gasteiger charge is -2.46. The third-order valence-electron chi connectivity index (χ3n) is 4.30. The number of nitrogens with one attached hydrogen (secondary N) is 1. The molecule has 16 heavy (non-hydrogen) atoms. The van der Waals surface area contributed by atoms with Crippen LogP contribution in [0.15, 0.2) is 0 Å². The zero-order chi connectivity index (χ0) is 11.2. The summed E-state index contributed by atoms with van der Waals surface area (Å²) in [5.41, 5.74) is -0.286. The van der Waals surface area contributed by atoms with Crippen molar-refractivity contribution in [3.05, 3.63) is 0 Å². The average Bonchev–Trinajstić information content (AvgIpc) is 2.85. The van der Waals surface area contributed by atoms with Crippen molar-refractivity contribution in [3.8, 4) is 0 Å². The van der Waals surface area contributed by atoms with Gasteiger partial charge >= 0.3 is 6.09 Å². The lowest BCUT2D eigenvalue weighted by Crippen LogP contribution is -2.66. The predicted molar refractivity (Wildman–Crippen MR) is 57.5 cm³/mol. The van der Waals surface area contributed by atoms with Crippen LogP contribution in [0.4, 0.5) is 4.79 Å². The summed E-state index contributed by atoms with van der Waals surface area (Å²) in [6.07, 6.45) is 3.30. The van der Waals surface area contributed by atoms with Crippen LogP contribution in [-0.2, 0) is 4.74 Å². The molecule has 3 atom stereocenters. The van der Waals surface area contributed by atoms with Crippen molar-refractivity contribution in [2.45, 2.75) is 43.4 Å². The fourth-order valence-electron chi connectivity index (χ4n) is 3.63. The zero-order valence-electron chi connectivity index (χ0n) is 9.32. The van der Waals surface area contributed by atoms with E-state index >= 15 is 0 Å². The Morgan fingerprint density at radius 2 is 2.38 bits per heavy atom. The molecule has 2 N–H and O–H groups in total. The summed E-state index contributed by atoms with van der Waals surface area (Å²) in [6.45, 7) is 2.33. The molecule has 0 aromatic carbocycles. The highest BCUT2D eigenvalue weighted by Crippen LogP contribution is 2.42. The topological polar surface area (TPSA) is 61.8 Å². The first-order valence-electron chi connectivity index (χ1n) is 6.09. The summed E-state index contributed by atoms with van der Waals surface area (Å²) in [5, 5.41) is 12.8. The van der Waals surface area contributed by atoms with Gasteiger partial charge in [0.25, 0.3) is 0 Å². The van der Waals surface area contributed by atoms with Gasteiger partial charge in [0.05, 0.1) is 11.6 Å². The first-order valence-corrected chi connectivity index (χ1v) is 6.09. The molecule has 0 aliphatic carbocycles. The standard InChI is InChI=1S/C11H18N2O3/c14-10(15)13-8-3-4-11(13,7-12-6-8)9-2-1-5-16-9/h8-9,12H,1-7H2,(H,14,15). The van der Waals surface area contributed by atoms with Crippen LogP contribution in [0.25, 0.3) is 0 Å². The maximum Gasteiger partial charge on any atom is 0.408 e. The quantitative estimate of drug-likeness (QED) is 0.689. The van der Waals surface area contributed by atoms with Gasteiger partial charge in [-0.15, -0.1) is 0 Å². The molecular formula is C11H18N2O3. The Balaban J connectivity index is 1.92. The smallest absolute Gasteiger partial charge is 0.408 e. The second kappa shape index (κ2) is 3.60. The summed E-state index contributed by atoms with van der Waals surface area (Å²) in [5.74, 6) is 0. The number of carbonyl (C=O) groups is 1. The first kappa shape index (κ1) is 10.4. The Bertz CT molecular complexity index is 300. The number of rotatable bonds is 1. The molecule has 3 heterocycles. The molecule has 3 fully saturated rings. The maximum atomic E-state index is 11.4. The Morgan fingerprint density at radius 3 is 3.06 bits per heavy atom. The third kappa shape index (κ3) is 1.28. The normalized spacial score (nSPS) is 42.6. The molecule has 0 spiro atoms. The Morgan fingerprint density at radius 1 is 1.50 bits per heavy atom. The number of nitrogens with zero attached hydrogens (tertiary/aromatic N) is 1. The van der Waals surface area contributed by atoms with Crippen LogP contribution in [0.3, 0.4) is 0 Å². The van der Waals surface area contributed by atoms with E-state index in [0.717, 1.165) is 45.4 Å². The van der Waals surface area contributed by atoms with Gasteiger partial charge in [0.1, 0.15) is 0 Å². The minimum Gasteiger partial charge on any atom is -0.465 e. The number of amides is 1. The number of ether oxygens (including phenoxy) is 1. The average molecular weight is 226 g/mol. The molecule has 5 heteroatoms. The number of fused-ring (bicyclic) bond motifs is 2. The lowest BCUT2D eigenvalue weighted by molar-refractivity contribution is -0.0386. The van der Waals surface area contributed by atoms with Gasteiger partial charge in [-0.1, -0.05) is 0 Å². The summed E-state index contributed by atoms with van der Waals surface area (Å²) < 4.78 is 5.75. The lowest BCUT2D eigenvalue weighted by atomic mass is 9.87. The van der Waals surface area contributed by atoms with Crippen molar-refractivity contribution >= 4 is 6.09 Å². The number of piperazine rings is 1. The maximum absolute atomic E-state index is 11.4. The molecular weight excluding hydrogens is 208 g/mol. The van der Waals surface area contributed by atoms with Gasteiger partial charge in [-0.05, 0) is 25.7 Å². The Labute approximate surface area is 94.8 Å². The minimum atomic E-state index is -0.778. The second-order valence-electron chi connectivity index (χ2n) is 5.08. The molecule has 0 radical (unpaired) electrons. The molecule has 3 unspecified atom stereocenters. The van der Waals surface area contributed by atoms with Crippen LogP contribution in [0, 0.1) is 0 Å². The van der Waals surface area contributed by atoms with Crippen LogP contribution in [0.5, 0.6) is 0 Å². The zero-order valence-corrected chi connectivity index (χ0v) is 9.32. The molecule has 0 aromatic rings. The van der Waals surface area contributed by atoms with E-state index in [9.17, 15) is 9.90 Å². The highest BCUT2D eigenvalue weighted by molar-refractivity contribution is 5.68. The van der Waals surface area contributed by atoms with Crippen LogP contribution < -0.4 is 5.32 Å². The summed E-state index contributed by atoms with van der Waals surface area (Å²) in [4.78, 5) is 13.1. The molecule has 3 saturated heterocycles. The van der Waals surface area contributed by atoms with E-state index in [1.54, 1.807) is 4.90 Å². The van der Waals surface area contributed by atoms with E-state index in [0.29, 0.717) is 0 Å². The highest BCUT2D eigenvalue weighted by Gasteiger charge is 2.56. The van der Waals surface area contributed by atoms with Gasteiger partial charge in [-0.3, -0.25) is 4.90 Å². The summed E-state index contributed by atoms with van der Waals surface area (Å²) in [6, 6.07) is 0.149. The Kier molecular flexibility index (Phi) is 2.33. The molecule has 5 nitrogen and oxygen atoms in total. The van der Waals surface area contributed by atoms with E-state index in [2.05, 4.69) is 5.32 Å². The molecule has 0 saturated carbocycles. The van der Waals surface area contributed by atoms with Crippen molar-refractivity contribution in [2.24, 2.45) is 0 Å². The SMILES string of the molecule is O=C(O)N1C2CCC1(C1CCCO1)CNC2. The Hall–Kier alpha value is -0.810. The monoisotopic (exact) mass is 226 g/mol. The summed E-state index contributed by atoms with van der Waals surface area (Å²) >= 11 is 0. The van der Waals surface area contributed by atoms with Crippen molar-refractivity contribution in [1.82, 2.24) is 10.2 Å². The third-order valence-corrected chi connectivity index (χ3v) is 4.30. The molecule has 2 bridgehead atoms. The van der Waals surface area contributed by atoms with E-state index < -0.39 is 6.09 Å². The van der Waals surface area contributed by atoms with E-state index in [1.165, 1.54) is 0 Å². The van der Waals surface area contributed by atoms with Crippen molar-refractivity contribution in [1.29, 1.82) is 0 Å². The van der Waals surface area contributed by atoms with E-state index in [-0.39, 0.29) is 17.7 Å². The van der Waals surface area contributed by atoms with Gasteiger partial charge in [-0.25, -0.2) is 4.79 Å². The highest BCUT2D eigenvalue weighted by atomic mass is 16.5. The molecule has 1 amide bonds. The fraction of sp³-hybridized carbons (Fsp3) is 0.909. The number of carboxylic acid groups (broad SMARTS) is 1. The molecule has 3 rings (SSSR count). The van der Waals surface area contributed by atoms with Gasteiger partial charge in [0.2, 0.25) is 0 Å². The predicted octanol–water partition coefficient (Wildman–Crippen LogP) is 0.650.